The van der Waals surface area contributed by atoms with Crippen molar-refractivity contribution in [3.05, 3.63) is 29.3 Å². The molecule has 4 nitrogen and oxygen atoms in total. The highest BCUT2D eigenvalue weighted by molar-refractivity contribution is 5.92. The largest absolute Gasteiger partial charge is 0.456 e. The van der Waals surface area contributed by atoms with Gasteiger partial charge in [-0.05, 0) is 24.6 Å². The molecule has 2 N–H and O–H groups in total. The highest BCUT2D eigenvalue weighted by Gasteiger charge is 2.21. The quantitative estimate of drug-likeness (QED) is 0.607. The topological polar surface area (TPSA) is 61.6 Å². The summed E-state index contributed by atoms with van der Waals surface area (Å²) in [6, 6.07) is 5.23. The highest BCUT2D eigenvalue weighted by Crippen LogP contribution is 2.16. The monoisotopic (exact) mass is 221 g/mol. The summed E-state index contributed by atoms with van der Waals surface area (Å²) in [5, 5.41) is 0. The molecular weight excluding hydrogens is 206 g/mol. The highest BCUT2D eigenvalue weighted by atomic mass is 16.6. The second kappa shape index (κ2) is 4.53. The summed E-state index contributed by atoms with van der Waals surface area (Å²) in [6.07, 6.45) is 0.654. The van der Waals surface area contributed by atoms with Gasteiger partial charge in [0.05, 0.1) is 18.8 Å². The van der Waals surface area contributed by atoms with Crippen molar-refractivity contribution in [1.82, 2.24) is 0 Å². The van der Waals surface area contributed by atoms with E-state index in [0.29, 0.717) is 24.5 Å². The minimum absolute atomic E-state index is 0.117. The summed E-state index contributed by atoms with van der Waals surface area (Å²) in [4.78, 5) is 11.8. The number of benzene rings is 1. The van der Waals surface area contributed by atoms with Gasteiger partial charge in [-0.2, -0.15) is 0 Å². The van der Waals surface area contributed by atoms with Crippen molar-refractivity contribution in [2.24, 2.45) is 0 Å². The fourth-order valence-electron chi connectivity index (χ4n) is 1.68. The molecule has 2 rings (SSSR count). The van der Waals surface area contributed by atoms with E-state index in [1.807, 2.05) is 13.0 Å². The van der Waals surface area contributed by atoms with Gasteiger partial charge < -0.3 is 15.2 Å². The van der Waals surface area contributed by atoms with Crippen LogP contribution in [0.15, 0.2) is 18.2 Å². The minimum Gasteiger partial charge on any atom is -0.456 e. The Bertz CT molecular complexity index is 397. The van der Waals surface area contributed by atoms with Gasteiger partial charge in [0.25, 0.3) is 0 Å². The molecule has 1 saturated heterocycles. The molecule has 1 heterocycles. The number of nitrogens with two attached hydrogens (primary N) is 1. The molecule has 1 aliphatic rings. The molecule has 16 heavy (non-hydrogen) atoms. The molecule has 86 valence electrons. The molecule has 1 fully saturated rings. The maximum atomic E-state index is 11.8. The number of carbonyl (C=O) groups is 1. The Morgan fingerprint density at radius 1 is 1.56 bits per heavy atom. The fraction of sp³-hybridized carbons (Fsp3) is 0.417. The van der Waals surface area contributed by atoms with Gasteiger partial charge >= 0.3 is 5.97 Å². The molecule has 1 aromatic carbocycles. The Kier molecular flexibility index (Phi) is 3.10. The first kappa shape index (κ1) is 11.0. The summed E-state index contributed by atoms with van der Waals surface area (Å²) in [7, 11) is 0. The molecule has 0 saturated carbocycles. The first-order chi connectivity index (χ1) is 7.66. The van der Waals surface area contributed by atoms with Crippen LogP contribution < -0.4 is 5.73 Å². The van der Waals surface area contributed by atoms with Gasteiger partial charge in [-0.1, -0.05) is 6.07 Å². The van der Waals surface area contributed by atoms with E-state index >= 15 is 0 Å². The number of ether oxygens (including phenoxy) is 2. The summed E-state index contributed by atoms with van der Waals surface area (Å²) in [5.41, 5.74) is 7.62. The van der Waals surface area contributed by atoms with Gasteiger partial charge in [0.15, 0.2) is 0 Å². The van der Waals surface area contributed by atoms with E-state index in [1.54, 1.807) is 12.1 Å². The van der Waals surface area contributed by atoms with Crippen LogP contribution in [-0.4, -0.2) is 25.3 Å². The molecule has 1 aromatic rings. The van der Waals surface area contributed by atoms with Crippen molar-refractivity contribution in [1.29, 1.82) is 0 Å². The first-order valence-electron chi connectivity index (χ1n) is 5.31. The summed E-state index contributed by atoms with van der Waals surface area (Å²) in [5.74, 6) is -0.319. The number of rotatable bonds is 2. The lowest BCUT2D eigenvalue weighted by molar-refractivity contribution is 0.0270. The van der Waals surface area contributed by atoms with Gasteiger partial charge in [0.1, 0.15) is 6.10 Å². The third-order valence-electron chi connectivity index (χ3n) is 2.64. The number of hydrogen-bond donors (Lipinski definition) is 1. The van der Waals surface area contributed by atoms with Crippen LogP contribution in [-0.2, 0) is 9.47 Å². The number of nitrogen functional groups attached to an aromatic ring is 1. The zero-order valence-corrected chi connectivity index (χ0v) is 9.23. The minimum atomic E-state index is -0.319. The number of esters is 1. The van der Waals surface area contributed by atoms with Crippen molar-refractivity contribution in [2.75, 3.05) is 18.9 Å². The molecule has 4 heteroatoms. The third-order valence-corrected chi connectivity index (χ3v) is 2.64. The van der Waals surface area contributed by atoms with Crippen molar-refractivity contribution in [2.45, 2.75) is 19.4 Å². The van der Waals surface area contributed by atoms with Crippen molar-refractivity contribution < 1.29 is 14.3 Å². The van der Waals surface area contributed by atoms with Gasteiger partial charge in [-0.15, -0.1) is 0 Å². The lowest BCUT2D eigenvalue weighted by Gasteiger charge is -2.11. The molecule has 0 aromatic heterocycles. The average Bonchev–Trinajstić information content (AvgIpc) is 2.74. The maximum Gasteiger partial charge on any atom is 0.338 e. The molecule has 0 radical (unpaired) electrons. The van der Waals surface area contributed by atoms with Crippen LogP contribution >= 0.6 is 0 Å². The van der Waals surface area contributed by atoms with Crippen LogP contribution in [0.4, 0.5) is 5.69 Å². The van der Waals surface area contributed by atoms with Crippen molar-refractivity contribution >= 4 is 11.7 Å². The number of aryl methyl sites for hydroxylation is 1. The van der Waals surface area contributed by atoms with Crippen LogP contribution in [0.5, 0.6) is 0 Å². The smallest absolute Gasteiger partial charge is 0.338 e. The molecule has 0 amide bonds. The average molecular weight is 221 g/mol. The molecular formula is C12H15NO3. The number of anilines is 1. The predicted octanol–water partition coefficient (Wildman–Crippen LogP) is 1.52. The molecule has 0 bridgehead atoms. The lowest BCUT2D eigenvalue weighted by Crippen LogP contribution is -2.18. The molecule has 0 aliphatic carbocycles. The molecule has 1 unspecified atom stereocenters. The van der Waals surface area contributed by atoms with E-state index in [0.717, 1.165) is 12.0 Å². The lowest BCUT2D eigenvalue weighted by atomic mass is 10.1. The van der Waals surface area contributed by atoms with E-state index in [2.05, 4.69) is 0 Å². The standard InChI is InChI=1S/C12H15NO3/c1-8-2-3-9(13)6-11(8)12(14)16-10-4-5-15-7-10/h2-3,6,10H,4-5,7,13H2,1H3. The maximum absolute atomic E-state index is 11.8. The summed E-state index contributed by atoms with van der Waals surface area (Å²) in [6.45, 7) is 3.02. The summed E-state index contributed by atoms with van der Waals surface area (Å²) < 4.78 is 10.5. The molecule has 1 atom stereocenters. The van der Waals surface area contributed by atoms with Crippen LogP contribution in [0.25, 0.3) is 0 Å². The SMILES string of the molecule is Cc1ccc(N)cc1C(=O)OC1CCOC1. The predicted molar refractivity (Wildman–Crippen MR) is 60.2 cm³/mol. The van der Waals surface area contributed by atoms with Crippen LogP contribution in [0.1, 0.15) is 22.3 Å². The zero-order chi connectivity index (χ0) is 11.5. The van der Waals surface area contributed by atoms with E-state index in [-0.39, 0.29) is 12.1 Å². The van der Waals surface area contributed by atoms with Gasteiger partial charge in [0, 0.05) is 12.1 Å². The fourth-order valence-corrected chi connectivity index (χ4v) is 1.68. The van der Waals surface area contributed by atoms with Gasteiger partial charge in [-0.3, -0.25) is 0 Å². The third kappa shape index (κ3) is 2.33. The Morgan fingerprint density at radius 3 is 3.06 bits per heavy atom. The van der Waals surface area contributed by atoms with E-state index in [4.69, 9.17) is 15.2 Å². The van der Waals surface area contributed by atoms with Crippen LogP contribution in [0.3, 0.4) is 0 Å². The number of hydrogen-bond acceptors (Lipinski definition) is 4. The Balaban J connectivity index is 2.10. The molecule has 0 spiro atoms. The van der Waals surface area contributed by atoms with Crippen molar-refractivity contribution in [3.63, 3.8) is 0 Å². The Morgan fingerprint density at radius 2 is 2.38 bits per heavy atom. The van der Waals surface area contributed by atoms with E-state index in [1.165, 1.54) is 0 Å². The second-order valence-electron chi connectivity index (χ2n) is 3.97. The number of carbonyl (C=O) groups excluding carboxylic acids is 1. The Hall–Kier alpha value is -1.55. The first-order valence-corrected chi connectivity index (χ1v) is 5.31. The van der Waals surface area contributed by atoms with Crippen LogP contribution in [0, 0.1) is 6.92 Å². The molecule has 1 aliphatic heterocycles. The van der Waals surface area contributed by atoms with Crippen molar-refractivity contribution in [3.8, 4) is 0 Å². The van der Waals surface area contributed by atoms with Gasteiger partial charge in [0.2, 0.25) is 0 Å². The second-order valence-corrected chi connectivity index (χ2v) is 3.97. The summed E-state index contributed by atoms with van der Waals surface area (Å²) >= 11 is 0. The van der Waals surface area contributed by atoms with E-state index in [9.17, 15) is 4.79 Å². The zero-order valence-electron chi connectivity index (χ0n) is 9.23. The normalized spacial score (nSPS) is 19.7. The van der Waals surface area contributed by atoms with Crippen LogP contribution in [0.2, 0.25) is 0 Å². The Labute approximate surface area is 94.3 Å². The van der Waals surface area contributed by atoms with Gasteiger partial charge in [-0.25, -0.2) is 4.79 Å². The van der Waals surface area contributed by atoms with E-state index < -0.39 is 0 Å².